The minimum Gasteiger partial charge on any atom is -0.379 e. The third-order valence-electron chi connectivity index (χ3n) is 5.27. The van der Waals surface area contributed by atoms with Crippen molar-refractivity contribution in [1.29, 1.82) is 0 Å². The van der Waals surface area contributed by atoms with Crippen LogP contribution in [0.15, 0.2) is 47.4 Å². The zero-order chi connectivity index (χ0) is 19.7. The summed E-state index contributed by atoms with van der Waals surface area (Å²) in [6, 6.07) is 11.1. The minimum absolute atomic E-state index is 0.0891. The molecular formula is C22H24N4O2. The first-order valence-corrected chi connectivity index (χ1v) is 9.64. The molecule has 0 spiro atoms. The number of amides is 1. The molecule has 0 aliphatic carbocycles. The van der Waals surface area contributed by atoms with E-state index in [0.29, 0.717) is 17.9 Å². The van der Waals surface area contributed by atoms with E-state index < -0.39 is 0 Å². The predicted molar refractivity (Wildman–Crippen MR) is 110 cm³/mol. The molecule has 3 aromatic rings. The van der Waals surface area contributed by atoms with Crippen molar-refractivity contribution in [3.8, 4) is 0 Å². The first-order chi connectivity index (χ1) is 13.5. The molecule has 2 aromatic heterocycles. The van der Waals surface area contributed by atoms with Crippen LogP contribution >= 0.6 is 0 Å². The molecule has 0 unspecified atom stereocenters. The molecule has 0 bridgehead atoms. The topological polar surface area (TPSA) is 66.7 Å². The molecular weight excluding hydrogens is 352 g/mol. The summed E-state index contributed by atoms with van der Waals surface area (Å²) in [6.07, 6.45) is 3.90. The van der Waals surface area contributed by atoms with Gasteiger partial charge in [0, 0.05) is 36.6 Å². The van der Waals surface area contributed by atoms with Crippen LogP contribution in [0.5, 0.6) is 0 Å². The van der Waals surface area contributed by atoms with Crippen LogP contribution in [0.3, 0.4) is 0 Å². The van der Waals surface area contributed by atoms with E-state index in [0.717, 1.165) is 48.3 Å². The van der Waals surface area contributed by atoms with Gasteiger partial charge in [0.1, 0.15) is 5.65 Å². The lowest BCUT2D eigenvalue weighted by Crippen LogP contribution is -2.27. The fourth-order valence-electron chi connectivity index (χ4n) is 3.68. The molecule has 0 saturated carbocycles. The highest BCUT2D eigenvalue weighted by Crippen LogP contribution is 2.20. The predicted octanol–water partition coefficient (Wildman–Crippen LogP) is 3.16. The van der Waals surface area contributed by atoms with Gasteiger partial charge in [-0.15, -0.1) is 0 Å². The third kappa shape index (κ3) is 3.50. The first kappa shape index (κ1) is 18.2. The average molecular weight is 376 g/mol. The smallest absolute Gasteiger partial charge is 0.258 e. The molecule has 144 valence electrons. The summed E-state index contributed by atoms with van der Waals surface area (Å²) in [7, 11) is 0. The van der Waals surface area contributed by atoms with Crippen LogP contribution in [0.2, 0.25) is 0 Å². The number of carbonyl (C=O) groups excluding carboxylic acids is 1. The van der Waals surface area contributed by atoms with E-state index in [2.05, 4.69) is 10.3 Å². The molecule has 1 amide bonds. The van der Waals surface area contributed by atoms with Gasteiger partial charge in [0.2, 0.25) is 0 Å². The normalized spacial score (nSPS) is 13.9. The Morgan fingerprint density at radius 1 is 1.11 bits per heavy atom. The zero-order valence-electron chi connectivity index (χ0n) is 16.2. The Balaban J connectivity index is 1.52. The first-order valence-electron chi connectivity index (χ1n) is 9.64. The molecule has 1 aliphatic rings. The fourth-order valence-corrected chi connectivity index (χ4v) is 3.68. The third-order valence-corrected chi connectivity index (χ3v) is 5.27. The number of hydrogen-bond acceptors (Lipinski definition) is 4. The lowest BCUT2D eigenvalue weighted by atomic mass is 10.1. The van der Waals surface area contributed by atoms with Crippen LogP contribution in [0.25, 0.3) is 5.65 Å². The van der Waals surface area contributed by atoms with E-state index >= 15 is 0 Å². The summed E-state index contributed by atoms with van der Waals surface area (Å²) < 4.78 is 1.56. The van der Waals surface area contributed by atoms with Gasteiger partial charge in [-0.2, -0.15) is 0 Å². The van der Waals surface area contributed by atoms with Crippen molar-refractivity contribution < 1.29 is 4.79 Å². The molecule has 1 fully saturated rings. The van der Waals surface area contributed by atoms with Crippen molar-refractivity contribution in [2.75, 3.05) is 18.4 Å². The van der Waals surface area contributed by atoms with Gasteiger partial charge in [0.05, 0.1) is 12.2 Å². The largest absolute Gasteiger partial charge is 0.379 e. The van der Waals surface area contributed by atoms with Crippen molar-refractivity contribution in [1.82, 2.24) is 14.3 Å². The minimum atomic E-state index is -0.0891. The van der Waals surface area contributed by atoms with Crippen LogP contribution in [-0.4, -0.2) is 33.3 Å². The zero-order valence-corrected chi connectivity index (χ0v) is 16.2. The summed E-state index contributed by atoms with van der Waals surface area (Å²) in [4.78, 5) is 31.4. The maximum Gasteiger partial charge on any atom is 0.258 e. The van der Waals surface area contributed by atoms with E-state index in [1.54, 1.807) is 16.7 Å². The Labute approximate surface area is 163 Å². The monoisotopic (exact) mass is 376 g/mol. The number of pyridine rings is 1. The molecule has 3 heterocycles. The molecule has 1 saturated heterocycles. The molecule has 1 aliphatic heterocycles. The Morgan fingerprint density at radius 2 is 1.89 bits per heavy atom. The van der Waals surface area contributed by atoms with Gasteiger partial charge in [-0.05, 0) is 62.1 Å². The van der Waals surface area contributed by atoms with E-state index in [1.807, 2.05) is 49.1 Å². The Morgan fingerprint density at radius 3 is 2.64 bits per heavy atom. The van der Waals surface area contributed by atoms with E-state index in [9.17, 15) is 9.59 Å². The lowest BCUT2D eigenvalue weighted by molar-refractivity contribution is 0.0793. The number of aromatic nitrogens is 2. The molecule has 28 heavy (non-hydrogen) atoms. The fraction of sp³-hybridized carbons (Fsp3) is 0.318. The highest BCUT2D eigenvalue weighted by atomic mass is 16.2. The maximum absolute atomic E-state index is 12.5. The lowest BCUT2D eigenvalue weighted by Gasteiger charge is -2.17. The number of anilines is 1. The molecule has 1 N–H and O–H groups in total. The van der Waals surface area contributed by atoms with E-state index in [4.69, 9.17) is 0 Å². The van der Waals surface area contributed by atoms with Crippen LogP contribution in [0.4, 0.5) is 5.69 Å². The van der Waals surface area contributed by atoms with Crippen molar-refractivity contribution in [3.63, 3.8) is 0 Å². The molecule has 4 rings (SSSR count). The number of fused-ring (bicyclic) bond motifs is 1. The van der Waals surface area contributed by atoms with E-state index in [1.165, 1.54) is 0 Å². The number of nitrogens with one attached hydrogen (secondary N) is 1. The summed E-state index contributed by atoms with van der Waals surface area (Å²) in [5.41, 5.74) is 4.90. The average Bonchev–Trinajstić information content (AvgIpc) is 3.22. The van der Waals surface area contributed by atoms with Gasteiger partial charge >= 0.3 is 0 Å². The summed E-state index contributed by atoms with van der Waals surface area (Å²) in [5, 5.41) is 3.34. The molecule has 0 radical (unpaired) electrons. The quantitative estimate of drug-likeness (QED) is 0.760. The number of nitrogens with zero attached hydrogens (tertiary/aromatic N) is 3. The number of benzene rings is 1. The molecule has 6 nitrogen and oxygen atoms in total. The highest BCUT2D eigenvalue weighted by Gasteiger charge is 2.19. The highest BCUT2D eigenvalue weighted by molar-refractivity contribution is 5.95. The number of aryl methyl sites for hydroxylation is 2. The Hall–Kier alpha value is -3.15. The summed E-state index contributed by atoms with van der Waals surface area (Å²) >= 11 is 0. The van der Waals surface area contributed by atoms with Crippen LogP contribution < -0.4 is 10.9 Å². The van der Waals surface area contributed by atoms with Gasteiger partial charge in [-0.25, -0.2) is 4.98 Å². The number of carbonyl (C=O) groups is 1. The number of likely N-dealkylation sites (tertiary alicyclic amines) is 1. The second-order valence-corrected chi connectivity index (χ2v) is 7.35. The summed E-state index contributed by atoms with van der Waals surface area (Å²) in [6.45, 7) is 6.07. The number of rotatable bonds is 4. The molecule has 6 heteroatoms. The van der Waals surface area contributed by atoms with Gasteiger partial charge in [0.15, 0.2) is 0 Å². The second-order valence-electron chi connectivity index (χ2n) is 7.35. The standard InChI is InChI=1S/C22H24N4O2/c1-15-6-5-11-26-20(27)13-18(24-21(15)26)14-23-19-8-7-17(12-16(19)2)22(28)25-9-3-4-10-25/h5-8,11-13,23H,3-4,9-10,14H2,1-2H3. The number of hydrogen-bond donors (Lipinski definition) is 1. The van der Waals surface area contributed by atoms with E-state index in [-0.39, 0.29) is 11.5 Å². The summed E-state index contributed by atoms with van der Waals surface area (Å²) in [5.74, 6) is 0.104. The Bertz CT molecular complexity index is 1100. The van der Waals surface area contributed by atoms with Crippen molar-refractivity contribution in [2.24, 2.45) is 0 Å². The van der Waals surface area contributed by atoms with Gasteiger partial charge in [-0.1, -0.05) is 6.07 Å². The van der Waals surface area contributed by atoms with Gasteiger partial charge in [0.25, 0.3) is 11.5 Å². The second kappa shape index (κ2) is 7.46. The molecule has 0 atom stereocenters. The van der Waals surface area contributed by atoms with Crippen molar-refractivity contribution in [2.45, 2.75) is 33.2 Å². The maximum atomic E-state index is 12.5. The van der Waals surface area contributed by atoms with Crippen LogP contribution in [0.1, 0.15) is 40.0 Å². The SMILES string of the molecule is Cc1cc(C(=O)N2CCCC2)ccc1NCc1cc(=O)n2cccc(C)c2n1. The van der Waals surface area contributed by atoms with Crippen molar-refractivity contribution in [3.05, 3.63) is 75.3 Å². The molecule has 1 aromatic carbocycles. The van der Waals surface area contributed by atoms with Crippen molar-refractivity contribution >= 4 is 17.2 Å². The Kier molecular flexibility index (Phi) is 4.86. The van der Waals surface area contributed by atoms with Gasteiger partial charge < -0.3 is 10.2 Å². The van der Waals surface area contributed by atoms with Crippen LogP contribution in [0, 0.1) is 13.8 Å². The van der Waals surface area contributed by atoms with Crippen LogP contribution in [-0.2, 0) is 6.54 Å². The van der Waals surface area contributed by atoms with Gasteiger partial charge in [-0.3, -0.25) is 14.0 Å².